The van der Waals surface area contributed by atoms with E-state index in [1.165, 1.54) is 19.2 Å². The van der Waals surface area contributed by atoms with Crippen LogP contribution in [0.4, 0.5) is 5.82 Å². The molecule has 1 saturated heterocycles. The van der Waals surface area contributed by atoms with Gasteiger partial charge in [0.1, 0.15) is 11.8 Å². The highest BCUT2D eigenvalue weighted by molar-refractivity contribution is 5.92. The van der Waals surface area contributed by atoms with E-state index in [9.17, 15) is 9.59 Å². The third-order valence-electron chi connectivity index (χ3n) is 3.98. The van der Waals surface area contributed by atoms with Gasteiger partial charge < -0.3 is 14.5 Å². The molecule has 0 N–H and O–H groups in total. The first-order valence-corrected chi connectivity index (χ1v) is 7.95. The second-order valence-electron chi connectivity index (χ2n) is 6.08. The van der Waals surface area contributed by atoms with Gasteiger partial charge in [0.15, 0.2) is 5.82 Å². The van der Waals surface area contributed by atoms with Crippen LogP contribution in [-0.2, 0) is 7.05 Å². The molecule has 0 spiro atoms. The van der Waals surface area contributed by atoms with Crippen LogP contribution >= 0.6 is 0 Å². The molecule has 1 fully saturated rings. The summed E-state index contributed by atoms with van der Waals surface area (Å²) in [6.45, 7) is 1.01. The fourth-order valence-electron chi connectivity index (χ4n) is 2.57. The van der Waals surface area contributed by atoms with Crippen LogP contribution < -0.4 is 15.2 Å². The standard InChI is InChI=1S/C16H20N6O3/c1-20(2)13-5-6-14(18-17-13)25-11-8-9-22(10-11)16(24)12-4-7-15(23)21(3)19-12/h4-7,11H,8-10H2,1-3H3/t11-/m1/s1. The first-order valence-electron chi connectivity index (χ1n) is 7.95. The summed E-state index contributed by atoms with van der Waals surface area (Å²) in [6, 6.07) is 6.38. The van der Waals surface area contributed by atoms with Crippen LogP contribution in [0, 0.1) is 0 Å². The summed E-state index contributed by atoms with van der Waals surface area (Å²) in [6.07, 6.45) is 0.560. The maximum absolute atomic E-state index is 12.5. The number of hydrogen-bond acceptors (Lipinski definition) is 7. The molecule has 0 aliphatic carbocycles. The summed E-state index contributed by atoms with van der Waals surface area (Å²) in [7, 11) is 5.29. The number of hydrogen-bond donors (Lipinski definition) is 0. The molecule has 3 heterocycles. The quantitative estimate of drug-likeness (QED) is 0.766. The maximum Gasteiger partial charge on any atom is 0.274 e. The van der Waals surface area contributed by atoms with Gasteiger partial charge in [-0.2, -0.15) is 5.10 Å². The van der Waals surface area contributed by atoms with Gasteiger partial charge >= 0.3 is 0 Å². The largest absolute Gasteiger partial charge is 0.471 e. The van der Waals surface area contributed by atoms with Crippen LogP contribution in [0.5, 0.6) is 5.88 Å². The van der Waals surface area contributed by atoms with Crippen LogP contribution in [-0.4, -0.2) is 64.1 Å². The van der Waals surface area contributed by atoms with Crippen molar-refractivity contribution in [1.82, 2.24) is 24.9 Å². The average Bonchev–Trinajstić information content (AvgIpc) is 3.05. The van der Waals surface area contributed by atoms with Crippen molar-refractivity contribution in [3.05, 3.63) is 40.3 Å². The highest BCUT2D eigenvalue weighted by Gasteiger charge is 2.29. The summed E-state index contributed by atoms with van der Waals surface area (Å²) in [5, 5.41) is 12.1. The van der Waals surface area contributed by atoms with Gasteiger partial charge in [-0.25, -0.2) is 4.68 Å². The van der Waals surface area contributed by atoms with Gasteiger partial charge in [-0.15, -0.1) is 10.2 Å². The molecule has 1 aliphatic rings. The summed E-state index contributed by atoms with van der Waals surface area (Å²) >= 11 is 0. The zero-order valence-electron chi connectivity index (χ0n) is 14.4. The number of carbonyl (C=O) groups is 1. The molecule has 2 aromatic rings. The minimum absolute atomic E-state index is 0.143. The van der Waals surface area contributed by atoms with Crippen LogP contribution in [0.1, 0.15) is 16.9 Å². The molecule has 0 unspecified atom stereocenters. The minimum atomic E-state index is -0.251. The first-order chi connectivity index (χ1) is 11.9. The Balaban J connectivity index is 1.62. The SMILES string of the molecule is CN(C)c1ccc(O[C@@H]2CCN(C(=O)c3ccc(=O)n(C)n3)C2)nn1. The number of amides is 1. The van der Waals surface area contributed by atoms with Gasteiger partial charge in [0.2, 0.25) is 5.88 Å². The van der Waals surface area contributed by atoms with Gasteiger partial charge in [0, 0.05) is 46.2 Å². The summed E-state index contributed by atoms with van der Waals surface area (Å²) in [5.41, 5.74) is -0.00296. The van der Waals surface area contributed by atoms with E-state index in [0.717, 1.165) is 10.5 Å². The number of aromatic nitrogens is 4. The van der Waals surface area contributed by atoms with E-state index >= 15 is 0 Å². The lowest BCUT2D eigenvalue weighted by Crippen LogP contribution is -2.33. The third kappa shape index (κ3) is 3.76. The Morgan fingerprint density at radius 2 is 2.04 bits per heavy atom. The fourth-order valence-corrected chi connectivity index (χ4v) is 2.57. The molecule has 1 aliphatic heterocycles. The second-order valence-corrected chi connectivity index (χ2v) is 6.08. The van der Waals surface area contributed by atoms with E-state index in [2.05, 4.69) is 15.3 Å². The summed E-state index contributed by atoms with van der Waals surface area (Å²) in [5.74, 6) is 0.970. The number of anilines is 1. The smallest absolute Gasteiger partial charge is 0.274 e. The Kier molecular flexibility index (Phi) is 4.64. The number of aryl methyl sites for hydroxylation is 1. The minimum Gasteiger partial charge on any atom is -0.471 e. The lowest BCUT2D eigenvalue weighted by Gasteiger charge is -2.17. The molecule has 9 heteroatoms. The Bertz CT molecular complexity index is 817. The van der Waals surface area contributed by atoms with E-state index < -0.39 is 0 Å². The van der Waals surface area contributed by atoms with Crippen LogP contribution in [0.15, 0.2) is 29.1 Å². The summed E-state index contributed by atoms with van der Waals surface area (Å²) in [4.78, 5) is 27.4. The zero-order valence-corrected chi connectivity index (χ0v) is 14.4. The molecular weight excluding hydrogens is 324 g/mol. The maximum atomic E-state index is 12.5. The van der Waals surface area contributed by atoms with Gasteiger partial charge in [0.25, 0.3) is 11.5 Å². The van der Waals surface area contributed by atoms with Crippen molar-refractivity contribution in [2.45, 2.75) is 12.5 Å². The Labute approximate surface area is 144 Å². The molecule has 0 radical (unpaired) electrons. The predicted octanol–water partition coefficient (Wildman–Crippen LogP) is -0.0702. The van der Waals surface area contributed by atoms with Gasteiger partial charge in [-0.1, -0.05) is 0 Å². The van der Waals surface area contributed by atoms with E-state index in [1.54, 1.807) is 11.0 Å². The van der Waals surface area contributed by atoms with Gasteiger partial charge in [-0.3, -0.25) is 9.59 Å². The normalized spacial score (nSPS) is 16.8. The number of carbonyl (C=O) groups excluding carboxylic acids is 1. The van der Waals surface area contributed by atoms with Crippen LogP contribution in [0.2, 0.25) is 0 Å². The predicted molar refractivity (Wildman–Crippen MR) is 90.8 cm³/mol. The molecular formula is C16H20N6O3. The number of ether oxygens (including phenoxy) is 1. The van der Waals surface area contributed by atoms with Crippen molar-refractivity contribution in [3.8, 4) is 5.88 Å². The van der Waals surface area contributed by atoms with E-state index in [-0.39, 0.29) is 23.3 Å². The van der Waals surface area contributed by atoms with Crippen molar-refractivity contribution in [2.24, 2.45) is 7.05 Å². The van der Waals surface area contributed by atoms with Crippen molar-refractivity contribution >= 4 is 11.7 Å². The lowest BCUT2D eigenvalue weighted by atomic mass is 10.3. The first kappa shape index (κ1) is 16.9. The second kappa shape index (κ2) is 6.88. The molecule has 2 aromatic heterocycles. The molecule has 9 nitrogen and oxygen atoms in total. The number of nitrogens with zero attached hydrogens (tertiary/aromatic N) is 6. The molecule has 1 atom stereocenters. The van der Waals surface area contributed by atoms with E-state index in [1.807, 2.05) is 25.1 Å². The van der Waals surface area contributed by atoms with E-state index in [4.69, 9.17) is 4.74 Å². The Morgan fingerprint density at radius 1 is 1.24 bits per heavy atom. The van der Waals surface area contributed by atoms with Gasteiger partial charge in [0.05, 0.1) is 6.54 Å². The van der Waals surface area contributed by atoms with Crippen molar-refractivity contribution in [1.29, 1.82) is 0 Å². The molecule has 0 bridgehead atoms. The monoisotopic (exact) mass is 344 g/mol. The third-order valence-corrected chi connectivity index (χ3v) is 3.98. The molecule has 0 aromatic carbocycles. The fraction of sp³-hybridized carbons (Fsp3) is 0.438. The molecule has 25 heavy (non-hydrogen) atoms. The van der Waals surface area contributed by atoms with Crippen molar-refractivity contribution < 1.29 is 9.53 Å². The average molecular weight is 344 g/mol. The number of rotatable bonds is 4. The molecule has 0 saturated carbocycles. The number of likely N-dealkylation sites (tertiary alicyclic amines) is 1. The highest BCUT2D eigenvalue weighted by atomic mass is 16.5. The van der Waals surface area contributed by atoms with Gasteiger partial charge in [-0.05, 0) is 12.1 Å². The molecule has 1 amide bonds. The van der Waals surface area contributed by atoms with Crippen molar-refractivity contribution in [2.75, 3.05) is 32.1 Å². The van der Waals surface area contributed by atoms with Crippen LogP contribution in [0.3, 0.4) is 0 Å². The molecule has 132 valence electrons. The molecule has 3 rings (SSSR count). The van der Waals surface area contributed by atoms with E-state index in [0.29, 0.717) is 25.4 Å². The lowest BCUT2D eigenvalue weighted by molar-refractivity contribution is 0.0762. The Hall–Kier alpha value is -2.97. The Morgan fingerprint density at radius 3 is 2.68 bits per heavy atom. The zero-order chi connectivity index (χ0) is 18.0. The van der Waals surface area contributed by atoms with Crippen molar-refractivity contribution in [3.63, 3.8) is 0 Å². The summed E-state index contributed by atoms with van der Waals surface area (Å²) < 4.78 is 6.96. The topological polar surface area (TPSA) is 93.5 Å². The van der Waals surface area contributed by atoms with Crippen LogP contribution in [0.25, 0.3) is 0 Å². The highest BCUT2D eigenvalue weighted by Crippen LogP contribution is 2.18.